The molecule has 0 aromatic carbocycles. The monoisotopic (exact) mass is 273 g/mol. The van der Waals surface area contributed by atoms with E-state index in [4.69, 9.17) is 11.6 Å². The molecular weight excluding hydrogens is 262 g/mol. The van der Waals surface area contributed by atoms with Gasteiger partial charge in [-0.3, -0.25) is 0 Å². The van der Waals surface area contributed by atoms with E-state index in [1.807, 2.05) is 13.0 Å². The Hall–Kier alpha value is -0.490. The van der Waals surface area contributed by atoms with Crippen LogP contribution in [0.25, 0.3) is 0 Å². The van der Waals surface area contributed by atoms with Gasteiger partial charge in [-0.2, -0.15) is 0 Å². The fourth-order valence-electron chi connectivity index (χ4n) is 1.51. The zero-order valence-corrected chi connectivity index (χ0v) is 11.4. The SMILES string of the molecule is CCNC(c1ccc(Cl)s1)c1snnc1C. The lowest BCUT2D eigenvalue weighted by Gasteiger charge is -2.14. The molecule has 2 aromatic heterocycles. The second-order valence-electron chi connectivity index (χ2n) is 3.36. The smallest absolute Gasteiger partial charge is 0.0931 e. The summed E-state index contributed by atoms with van der Waals surface area (Å²) in [6.45, 7) is 4.97. The van der Waals surface area contributed by atoms with Crippen LogP contribution in [0.3, 0.4) is 0 Å². The molecule has 86 valence electrons. The summed E-state index contributed by atoms with van der Waals surface area (Å²) in [4.78, 5) is 2.38. The highest BCUT2D eigenvalue weighted by Gasteiger charge is 2.19. The van der Waals surface area contributed by atoms with Crippen LogP contribution in [-0.4, -0.2) is 16.1 Å². The van der Waals surface area contributed by atoms with Gasteiger partial charge in [-0.15, -0.1) is 16.4 Å². The number of halogens is 1. The normalized spacial score (nSPS) is 12.9. The number of hydrogen-bond donors (Lipinski definition) is 1. The number of aryl methyl sites for hydroxylation is 1. The van der Waals surface area contributed by atoms with Crippen LogP contribution < -0.4 is 5.32 Å². The number of nitrogens with one attached hydrogen (secondary N) is 1. The Balaban J connectivity index is 2.34. The molecule has 0 aliphatic heterocycles. The fraction of sp³-hybridized carbons (Fsp3) is 0.400. The molecular formula is C10H12ClN3S2. The molecule has 3 nitrogen and oxygen atoms in total. The molecule has 0 fully saturated rings. The van der Waals surface area contributed by atoms with Gasteiger partial charge in [-0.05, 0) is 37.1 Å². The van der Waals surface area contributed by atoms with Crippen molar-refractivity contribution < 1.29 is 0 Å². The maximum absolute atomic E-state index is 5.97. The van der Waals surface area contributed by atoms with Crippen molar-refractivity contribution in [3.63, 3.8) is 0 Å². The van der Waals surface area contributed by atoms with Gasteiger partial charge in [0.05, 0.1) is 20.9 Å². The lowest BCUT2D eigenvalue weighted by Crippen LogP contribution is -2.20. The van der Waals surface area contributed by atoms with E-state index in [-0.39, 0.29) is 6.04 Å². The Morgan fingerprint density at radius 1 is 1.50 bits per heavy atom. The summed E-state index contributed by atoms with van der Waals surface area (Å²) in [6.07, 6.45) is 0. The van der Waals surface area contributed by atoms with E-state index in [0.29, 0.717) is 0 Å². The molecule has 0 bridgehead atoms. The Morgan fingerprint density at radius 3 is 2.81 bits per heavy atom. The van der Waals surface area contributed by atoms with Crippen molar-refractivity contribution in [1.29, 1.82) is 0 Å². The zero-order valence-electron chi connectivity index (χ0n) is 9.03. The molecule has 0 spiro atoms. The second kappa shape index (κ2) is 5.23. The van der Waals surface area contributed by atoms with Crippen molar-refractivity contribution in [2.24, 2.45) is 0 Å². The van der Waals surface area contributed by atoms with E-state index in [2.05, 4.69) is 27.9 Å². The van der Waals surface area contributed by atoms with Gasteiger partial charge in [-0.25, -0.2) is 0 Å². The van der Waals surface area contributed by atoms with Crippen molar-refractivity contribution in [1.82, 2.24) is 14.9 Å². The third kappa shape index (κ3) is 2.43. The first-order valence-electron chi connectivity index (χ1n) is 4.99. The zero-order chi connectivity index (χ0) is 11.5. The number of hydrogen-bond acceptors (Lipinski definition) is 5. The fourth-order valence-corrected chi connectivity index (χ4v) is 3.47. The molecule has 1 atom stereocenters. The lowest BCUT2D eigenvalue weighted by molar-refractivity contribution is 0.644. The molecule has 1 N–H and O–H groups in total. The molecule has 0 saturated carbocycles. The number of nitrogens with zero attached hydrogens (tertiary/aromatic N) is 2. The predicted octanol–water partition coefficient (Wildman–Crippen LogP) is 3.26. The summed E-state index contributed by atoms with van der Waals surface area (Å²) in [5.74, 6) is 0. The van der Waals surface area contributed by atoms with Crippen LogP contribution in [0.15, 0.2) is 12.1 Å². The van der Waals surface area contributed by atoms with Crippen molar-refractivity contribution in [3.05, 3.63) is 31.9 Å². The van der Waals surface area contributed by atoms with Crippen LogP contribution in [0.1, 0.15) is 28.4 Å². The molecule has 1 unspecified atom stereocenters. The largest absolute Gasteiger partial charge is 0.305 e. The quantitative estimate of drug-likeness (QED) is 0.929. The Labute approximate surface area is 108 Å². The minimum absolute atomic E-state index is 0.169. The molecule has 16 heavy (non-hydrogen) atoms. The highest BCUT2D eigenvalue weighted by atomic mass is 35.5. The molecule has 2 rings (SSSR count). The van der Waals surface area contributed by atoms with Crippen LogP contribution >= 0.6 is 34.5 Å². The number of thiophene rings is 1. The van der Waals surface area contributed by atoms with E-state index >= 15 is 0 Å². The van der Waals surface area contributed by atoms with Crippen LogP contribution in [0.2, 0.25) is 4.34 Å². The van der Waals surface area contributed by atoms with Crippen molar-refractivity contribution in [2.75, 3.05) is 6.54 Å². The molecule has 0 aliphatic rings. The summed E-state index contributed by atoms with van der Waals surface area (Å²) in [5, 5.41) is 7.49. The summed E-state index contributed by atoms with van der Waals surface area (Å²) in [6, 6.07) is 4.15. The highest BCUT2D eigenvalue weighted by Crippen LogP contribution is 2.33. The van der Waals surface area contributed by atoms with Crippen molar-refractivity contribution in [2.45, 2.75) is 19.9 Å². The summed E-state index contributed by atoms with van der Waals surface area (Å²) >= 11 is 9.01. The number of rotatable bonds is 4. The van der Waals surface area contributed by atoms with Gasteiger partial charge < -0.3 is 5.32 Å². The Kier molecular flexibility index (Phi) is 3.91. The van der Waals surface area contributed by atoms with Gasteiger partial charge in [0.15, 0.2) is 0 Å². The van der Waals surface area contributed by atoms with Crippen LogP contribution in [-0.2, 0) is 0 Å². The van der Waals surface area contributed by atoms with Crippen LogP contribution in [0.4, 0.5) is 0 Å². The van der Waals surface area contributed by atoms with Gasteiger partial charge in [0.1, 0.15) is 0 Å². The maximum atomic E-state index is 5.97. The molecule has 0 amide bonds. The molecule has 0 aliphatic carbocycles. The third-order valence-corrected chi connectivity index (χ3v) is 4.42. The Bertz CT molecular complexity index is 466. The first-order valence-corrected chi connectivity index (χ1v) is 6.96. The van der Waals surface area contributed by atoms with Crippen LogP contribution in [0.5, 0.6) is 0 Å². The highest BCUT2D eigenvalue weighted by molar-refractivity contribution is 7.16. The molecule has 2 heterocycles. The van der Waals surface area contributed by atoms with Gasteiger partial charge in [0, 0.05) is 4.88 Å². The first-order chi connectivity index (χ1) is 7.72. The molecule has 2 aromatic rings. The predicted molar refractivity (Wildman–Crippen MR) is 69.5 cm³/mol. The van der Waals surface area contributed by atoms with Gasteiger partial charge >= 0.3 is 0 Å². The Morgan fingerprint density at radius 2 is 2.31 bits per heavy atom. The van der Waals surface area contributed by atoms with E-state index in [9.17, 15) is 0 Å². The third-order valence-electron chi connectivity index (χ3n) is 2.24. The molecule has 6 heteroatoms. The van der Waals surface area contributed by atoms with Crippen molar-refractivity contribution in [3.8, 4) is 0 Å². The van der Waals surface area contributed by atoms with E-state index < -0.39 is 0 Å². The minimum atomic E-state index is 0.169. The number of aromatic nitrogens is 2. The topological polar surface area (TPSA) is 37.8 Å². The first kappa shape index (κ1) is 12.0. The summed E-state index contributed by atoms with van der Waals surface area (Å²) in [5.41, 5.74) is 0.987. The average Bonchev–Trinajstić information content (AvgIpc) is 2.84. The summed E-state index contributed by atoms with van der Waals surface area (Å²) in [7, 11) is 0. The summed E-state index contributed by atoms with van der Waals surface area (Å²) < 4.78 is 4.79. The average molecular weight is 274 g/mol. The van der Waals surface area contributed by atoms with Crippen LogP contribution in [0, 0.1) is 6.92 Å². The van der Waals surface area contributed by atoms with E-state index in [1.165, 1.54) is 21.3 Å². The van der Waals surface area contributed by atoms with Gasteiger partial charge in [-0.1, -0.05) is 23.0 Å². The van der Waals surface area contributed by atoms with Gasteiger partial charge in [0.2, 0.25) is 0 Å². The molecule has 0 radical (unpaired) electrons. The van der Waals surface area contributed by atoms with Gasteiger partial charge in [0.25, 0.3) is 0 Å². The maximum Gasteiger partial charge on any atom is 0.0931 e. The molecule has 0 saturated heterocycles. The lowest BCUT2D eigenvalue weighted by atomic mass is 10.2. The standard InChI is InChI=1S/C10H12ClN3S2/c1-3-12-9(7-4-5-8(11)15-7)10-6(2)13-14-16-10/h4-5,9,12H,3H2,1-2H3. The second-order valence-corrected chi connectivity index (χ2v) is 5.89. The minimum Gasteiger partial charge on any atom is -0.305 e. The van der Waals surface area contributed by atoms with E-state index in [0.717, 1.165) is 16.6 Å². The van der Waals surface area contributed by atoms with E-state index in [1.54, 1.807) is 11.3 Å². The van der Waals surface area contributed by atoms with Crippen molar-refractivity contribution >= 4 is 34.5 Å².